The number of sulfonamides is 1. The Morgan fingerprint density at radius 3 is 2.81 bits per heavy atom. The van der Waals surface area contributed by atoms with Crippen LogP contribution in [-0.4, -0.2) is 53.1 Å². The van der Waals surface area contributed by atoms with Crippen LogP contribution in [0.3, 0.4) is 0 Å². The fourth-order valence-corrected chi connectivity index (χ4v) is 2.89. The number of primary sulfonamides is 1. The maximum Gasteiger partial charge on any atom is 0.241 e. The zero-order chi connectivity index (χ0) is 15.5. The quantitative estimate of drug-likeness (QED) is 0.783. The van der Waals surface area contributed by atoms with E-state index in [1.54, 1.807) is 12.1 Å². The normalized spacial score (nSPS) is 15.0. The standard InChI is InChI=1S/C13H20N4O3S/c1-17-8-7-16-13(17)15-6-5-10-3-4-11(20-2)12(9-10)21(14,18)19/h3-4,9H,5-8H2,1-2H3,(H,15,16)(H2,14,18,19). The Labute approximate surface area is 124 Å². The second-order valence-corrected chi connectivity index (χ2v) is 6.36. The second kappa shape index (κ2) is 6.31. The molecule has 1 aromatic rings. The molecule has 21 heavy (non-hydrogen) atoms. The summed E-state index contributed by atoms with van der Waals surface area (Å²) in [6.45, 7) is 2.39. The van der Waals surface area contributed by atoms with Gasteiger partial charge < -0.3 is 15.0 Å². The van der Waals surface area contributed by atoms with Crippen LogP contribution in [0.4, 0.5) is 0 Å². The maximum atomic E-state index is 11.5. The molecule has 0 bridgehead atoms. The van der Waals surface area contributed by atoms with Gasteiger partial charge in [0.05, 0.1) is 13.7 Å². The number of aliphatic imine (C=N–C) groups is 1. The summed E-state index contributed by atoms with van der Waals surface area (Å²) < 4.78 is 28.1. The molecule has 1 heterocycles. The van der Waals surface area contributed by atoms with Crippen LogP contribution >= 0.6 is 0 Å². The summed E-state index contributed by atoms with van der Waals surface area (Å²) in [6, 6.07) is 5.00. The lowest BCUT2D eigenvalue weighted by Gasteiger charge is -2.15. The average Bonchev–Trinajstić information content (AvgIpc) is 2.83. The number of ether oxygens (including phenoxy) is 1. The first-order valence-corrected chi connectivity index (χ1v) is 8.15. The lowest BCUT2D eigenvalue weighted by molar-refractivity contribution is 0.402. The summed E-state index contributed by atoms with van der Waals surface area (Å²) in [5.74, 6) is 1.13. The molecule has 1 aliphatic rings. The summed E-state index contributed by atoms with van der Waals surface area (Å²) in [5, 5.41) is 8.43. The SMILES string of the molecule is COc1ccc(CCNC2=NCCN2C)cc1S(N)(=O)=O. The first-order valence-electron chi connectivity index (χ1n) is 6.61. The largest absolute Gasteiger partial charge is 0.495 e. The van der Waals surface area contributed by atoms with Crippen LogP contribution in [0.25, 0.3) is 0 Å². The number of hydrogen-bond acceptors (Lipinski definition) is 6. The lowest BCUT2D eigenvalue weighted by atomic mass is 10.1. The van der Waals surface area contributed by atoms with Gasteiger partial charge in [-0.15, -0.1) is 0 Å². The fourth-order valence-electron chi connectivity index (χ4n) is 2.14. The highest BCUT2D eigenvalue weighted by molar-refractivity contribution is 7.89. The zero-order valence-corrected chi connectivity index (χ0v) is 13.0. The summed E-state index contributed by atoms with van der Waals surface area (Å²) in [6.07, 6.45) is 0.666. The molecular formula is C13H20N4O3S. The predicted octanol–water partition coefficient (Wildman–Crippen LogP) is -0.224. The van der Waals surface area contributed by atoms with Crippen molar-refractivity contribution in [2.75, 3.05) is 33.8 Å². The van der Waals surface area contributed by atoms with Crippen molar-refractivity contribution in [1.29, 1.82) is 0 Å². The number of benzene rings is 1. The maximum absolute atomic E-state index is 11.5. The first kappa shape index (κ1) is 15.6. The van der Waals surface area contributed by atoms with E-state index in [0.717, 1.165) is 24.6 Å². The average molecular weight is 312 g/mol. The Kier molecular flexibility index (Phi) is 4.69. The van der Waals surface area contributed by atoms with Gasteiger partial charge in [-0.1, -0.05) is 6.07 Å². The van der Waals surface area contributed by atoms with Crippen molar-refractivity contribution in [2.24, 2.45) is 10.1 Å². The zero-order valence-electron chi connectivity index (χ0n) is 12.2. The van der Waals surface area contributed by atoms with E-state index in [2.05, 4.69) is 10.3 Å². The van der Waals surface area contributed by atoms with Crippen LogP contribution in [0.15, 0.2) is 28.1 Å². The summed E-state index contributed by atoms with van der Waals surface area (Å²) in [4.78, 5) is 6.38. The van der Waals surface area contributed by atoms with E-state index < -0.39 is 10.0 Å². The number of rotatable bonds is 5. The van der Waals surface area contributed by atoms with E-state index in [0.29, 0.717) is 13.0 Å². The van der Waals surface area contributed by atoms with Crippen LogP contribution in [0.5, 0.6) is 5.75 Å². The molecule has 1 aromatic carbocycles. The van der Waals surface area contributed by atoms with E-state index in [-0.39, 0.29) is 10.6 Å². The Morgan fingerprint density at radius 1 is 1.48 bits per heavy atom. The van der Waals surface area contributed by atoms with Crippen molar-refractivity contribution < 1.29 is 13.2 Å². The first-order chi connectivity index (χ1) is 9.91. The molecule has 0 spiro atoms. The molecule has 0 saturated heterocycles. The predicted molar refractivity (Wildman–Crippen MR) is 81.0 cm³/mol. The van der Waals surface area contributed by atoms with E-state index in [4.69, 9.17) is 9.88 Å². The topological polar surface area (TPSA) is 97.0 Å². The number of nitrogens with zero attached hydrogens (tertiary/aromatic N) is 2. The Bertz CT molecular complexity index is 643. The number of hydrogen-bond donors (Lipinski definition) is 2. The van der Waals surface area contributed by atoms with Crippen molar-refractivity contribution in [3.8, 4) is 5.75 Å². The minimum Gasteiger partial charge on any atom is -0.495 e. The van der Waals surface area contributed by atoms with Crippen LogP contribution in [0, 0.1) is 0 Å². The molecule has 0 saturated carbocycles. The number of likely N-dealkylation sites (N-methyl/N-ethyl adjacent to an activating group) is 1. The molecule has 116 valence electrons. The van der Waals surface area contributed by atoms with Gasteiger partial charge >= 0.3 is 0 Å². The molecule has 0 unspecified atom stereocenters. The highest BCUT2D eigenvalue weighted by atomic mass is 32.2. The van der Waals surface area contributed by atoms with Crippen molar-refractivity contribution >= 4 is 16.0 Å². The molecule has 1 aliphatic heterocycles. The molecular weight excluding hydrogens is 292 g/mol. The van der Waals surface area contributed by atoms with Gasteiger partial charge in [0.25, 0.3) is 0 Å². The van der Waals surface area contributed by atoms with Crippen molar-refractivity contribution in [1.82, 2.24) is 10.2 Å². The van der Waals surface area contributed by atoms with Gasteiger partial charge in [-0.25, -0.2) is 13.6 Å². The van der Waals surface area contributed by atoms with Crippen LogP contribution < -0.4 is 15.2 Å². The highest BCUT2D eigenvalue weighted by Crippen LogP contribution is 2.23. The van der Waals surface area contributed by atoms with E-state index >= 15 is 0 Å². The smallest absolute Gasteiger partial charge is 0.241 e. The summed E-state index contributed by atoms with van der Waals surface area (Å²) in [7, 11) is -0.401. The molecule has 0 amide bonds. The van der Waals surface area contributed by atoms with Crippen LogP contribution in [-0.2, 0) is 16.4 Å². The fraction of sp³-hybridized carbons (Fsp3) is 0.462. The van der Waals surface area contributed by atoms with Gasteiger partial charge in [0.15, 0.2) is 5.96 Å². The van der Waals surface area contributed by atoms with Gasteiger partial charge in [-0.2, -0.15) is 0 Å². The van der Waals surface area contributed by atoms with Crippen LogP contribution in [0.1, 0.15) is 5.56 Å². The minimum atomic E-state index is -3.79. The Balaban J connectivity index is 2.04. The lowest BCUT2D eigenvalue weighted by Crippen LogP contribution is -2.36. The van der Waals surface area contributed by atoms with E-state index in [1.807, 2.05) is 18.0 Å². The molecule has 7 nitrogen and oxygen atoms in total. The van der Waals surface area contributed by atoms with Gasteiger partial charge in [-0.3, -0.25) is 4.99 Å². The molecule has 0 radical (unpaired) electrons. The number of methoxy groups -OCH3 is 1. The van der Waals surface area contributed by atoms with Crippen molar-refractivity contribution in [3.05, 3.63) is 23.8 Å². The highest BCUT2D eigenvalue weighted by Gasteiger charge is 2.16. The van der Waals surface area contributed by atoms with Gasteiger partial charge in [0.1, 0.15) is 10.6 Å². The molecule has 3 N–H and O–H groups in total. The Morgan fingerprint density at radius 2 is 2.24 bits per heavy atom. The molecule has 0 atom stereocenters. The molecule has 0 aliphatic carbocycles. The second-order valence-electron chi connectivity index (χ2n) is 4.83. The number of nitrogens with two attached hydrogens (primary N) is 1. The monoisotopic (exact) mass is 312 g/mol. The third-order valence-corrected chi connectivity index (χ3v) is 4.22. The van der Waals surface area contributed by atoms with Crippen molar-refractivity contribution in [3.63, 3.8) is 0 Å². The van der Waals surface area contributed by atoms with Gasteiger partial charge in [-0.05, 0) is 24.1 Å². The molecule has 8 heteroatoms. The van der Waals surface area contributed by atoms with Gasteiger partial charge in [0, 0.05) is 20.1 Å². The third kappa shape index (κ3) is 3.85. The third-order valence-electron chi connectivity index (χ3n) is 3.29. The molecule has 0 aromatic heterocycles. The summed E-state index contributed by atoms with van der Waals surface area (Å²) in [5.41, 5.74) is 0.869. The minimum absolute atomic E-state index is 0.0119. The van der Waals surface area contributed by atoms with Gasteiger partial charge in [0.2, 0.25) is 10.0 Å². The number of guanidine groups is 1. The van der Waals surface area contributed by atoms with E-state index in [1.165, 1.54) is 7.11 Å². The summed E-state index contributed by atoms with van der Waals surface area (Å²) >= 11 is 0. The molecule has 0 fully saturated rings. The molecule has 2 rings (SSSR count). The number of nitrogens with one attached hydrogen (secondary N) is 1. The van der Waals surface area contributed by atoms with Crippen molar-refractivity contribution in [2.45, 2.75) is 11.3 Å². The Hall–Kier alpha value is -1.80. The van der Waals surface area contributed by atoms with E-state index in [9.17, 15) is 8.42 Å². The van der Waals surface area contributed by atoms with Crippen LogP contribution in [0.2, 0.25) is 0 Å².